The first-order chi connectivity index (χ1) is 11.9. The third kappa shape index (κ3) is 4.38. The summed E-state index contributed by atoms with van der Waals surface area (Å²) in [6.45, 7) is 4.06. The zero-order chi connectivity index (χ0) is 18.0. The van der Waals surface area contributed by atoms with Crippen molar-refractivity contribution in [1.82, 2.24) is 4.98 Å². The predicted molar refractivity (Wildman–Crippen MR) is 100 cm³/mol. The molecule has 1 aliphatic rings. The summed E-state index contributed by atoms with van der Waals surface area (Å²) in [6, 6.07) is 6.22. The molecule has 1 amide bonds. The highest BCUT2D eigenvalue weighted by atomic mass is 32.2. The Morgan fingerprint density at radius 2 is 2.16 bits per heavy atom. The van der Waals surface area contributed by atoms with Crippen LogP contribution in [0.2, 0.25) is 0 Å². The molecule has 25 heavy (non-hydrogen) atoms. The number of fused-ring (bicyclic) bond motifs is 1. The summed E-state index contributed by atoms with van der Waals surface area (Å²) in [5.74, 6) is 0.565. The van der Waals surface area contributed by atoms with Gasteiger partial charge in [-0.15, -0.1) is 23.1 Å². The fraction of sp³-hybridized carbons (Fsp3) is 0.412. The molecule has 3 rings (SSSR count). The minimum absolute atomic E-state index is 0.0454. The summed E-state index contributed by atoms with van der Waals surface area (Å²) in [4.78, 5) is 29.3. The molecule has 0 spiro atoms. The lowest BCUT2D eigenvalue weighted by Crippen LogP contribution is -2.22. The van der Waals surface area contributed by atoms with Crippen LogP contribution >= 0.6 is 23.1 Å². The van der Waals surface area contributed by atoms with Crippen molar-refractivity contribution in [2.24, 2.45) is 5.92 Å². The minimum atomic E-state index is -0.435. The minimum Gasteiger partial charge on any atom is -0.301 e. The number of benzene rings is 1. The molecule has 1 aromatic carbocycles. The van der Waals surface area contributed by atoms with Crippen molar-refractivity contribution >= 4 is 39.8 Å². The van der Waals surface area contributed by atoms with Crippen molar-refractivity contribution in [1.29, 1.82) is 0 Å². The molecule has 0 aliphatic heterocycles. The van der Waals surface area contributed by atoms with E-state index < -0.39 is 4.92 Å². The number of anilines is 1. The molecule has 0 saturated carbocycles. The quantitative estimate of drug-likeness (QED) is 0.477. The van der Waals surface area contributed by atoms with Crippen LogP contribution in [-0.2, 0) is 17.6 Å². The number of thiazole rings is 1. The highest BCUT2D eigenvalue weighted by molar-refractivity contribution is 8.00. The number of hydrogen-bond acceptors (Lipinski definition) is 6. The van der Waals surface area contributed by atoms with Gasteiger partial charge in [-0.2, -0.15) is 0 Å². The second kappa shape index (κ2) is 7.53. The van der Waals surface area contributed by atoms with Gasteiger partial charge in [-0.3, -0.25) is 14.9 Å². The Morgan fingerprint density at radius 3 is 2.84 bits per heavy atom. The van der Waals surface area contributed by atoms with Crippen molar-refractivity contribution in [2.75, 3.05) is 5.32 Å². The number of nitro groups is 1. The average molecular weight is 377 g/mol. The van der Waals surface area contributed by atoms with Gasteiger partial charge in [0, 0.05) is 21.9 Å². The zero-order valence-corrected chi connectivity index (χ0v) is 15.7. The summed E-state index contributed by atoms with van der Waals surface area (Å²) >= 11 is 2.94. The van der Waals surface area contributed by atoms with Crippen molar-refractivity contribution in [3.8, 4) is 0 Å². The third-order valence-electron chi connectivity index (χ3n) is 4.15. The molecule has 8 heteroatoms. The van der Waals surface area contributed by atoms with E-state index in [1.165, 1.54) is 28.8 Å². The molecule has 1 aromatic heterocycles. The Bertz CT molecular complexity index is 789. The molecule has 2 atom stereocenters. The second-order valence-corrected chi connectivity index (χ2v) is 8.74. The van der Waals surface area contributed by atoms with Gasteiger partial charge in [0.05, 0.1) is 15.9 Å². The number of thioether (sulfide) groups is 1. The van der Waals surface area contributed by atoms with Crippen molar-refractivity contribution in [2.45, 2.75) is 43.3 Å². The van der Waals surface area contributed by atoms with Crippen LogP contribution in [0, 0.1) is 16.0 Å². The lowest BCUT2D eigenvalue weighted by molar-refractivity contribution is -0.384. The van der Waals surface area contributed by atoms with E-state index in [1.54, 1.807) is 23.5 Å². The zero-order valence-electron chi connectivity index (χ0n) is 14.0. The Labute approximate surface area is 154 Å². The Balaban J connectivity index is 1.60. The van der Waals surface area contributed by atoms with Gasteiger partial charge in [-0.05, 0) is 44.2 Å². The van der Waals surface area contributed by atoms with E-state index in [0.29, 0.717) is 11.0 Å². The van der Waals surface area contributed by atoms with Crippen LogP contribution in [0.4, 0.5) is 10.8 Å². The van der Waals surface area contributed by atoms with Gasteiger partial charge in [0.15, 0.2) is 5.13 Å². The lowest BCUT2D eigenvalue weighted by atomic mass is 9.93. The SMILES string of the molecule is CC1CCc2nc(NC(=O)C(C)Sc3ccc([N+](=O)[O-])cc3)sc2C1. The van der Waals surface area contributed by atoms with E-state index in [9.17, 15) is 14.9 Å². The number of amides is 1. The highest BCUT2D eigenvalue weighted by Crippen LogP contribution is 2.33. The predicted octanol–water partition coefficient (Wildman–Crippen LogP) is 4.30. The molecular formula is C17H19N3O3S2. The molecule has 2 unspecified atom stereocenters. The Hall–Kier alpha value is -1.93. The van der Waals surface area contributed by atoms with E-state index in [0.717, 1.165) is 29.9 Å². The molecule has 0 fully saturated rings. The molecule has 132 valence electrons. The van der Waals surface area contributed by atoms with Crippen LogP contribution in [0.5, 0.6) is 0 Å². The molecule has 0 bridgehead atoms. The van der Waals surface area contributed by atoms with E-state index in [1.807, 2.05) is 6.92 Å². The highest BCUT2D eigenvalue weighted by Gasteiger charge is 2.22. The number of nitrogens with one attached hydrogen (secondary N) is 1. The van der Waals surface area contributed by atoms with E-state index in [4.69, 9.17) is 0 Å². The van der Waals surface area contributed by atoms with E-state index in [-0.39, 0.29) is 16.8 Å². The van der Waals surface area contributed by atoms with Crippen LogP contribution in [0.3, 0.4) is 0 Å². The molecule has 1 N–H and O–H groups in total. The van der Waals surface area contributed by atoms with Gasteiger partial charge < -0.3 is 5.32 Å². The molecular weight excluding hydrogens is 358 g/mol. The molecule has 0 saturated heterocycles. The maximum atomic E-state index is 12.4. The number of nitrogens with zero attached hydrogens (tertiary/aromatic N) is 2. The van der Waals surface area contributed by atoms with Crippen LogP contribution in [0.25, 0.3) is 0 Å². The summed E-state index contributed by atoms with van der Waals surface area (Å²) in [6.07, 6.45) is 3.17. The van der Waals surface area contributed by atoms with Gasteiger partial charge in [-0.25, -0.2) is 4.98 Å². The molecule has 6 nitrogen and oxygen atoms in total. The maximum absolute atomic E-state index is 12.4. The number of aromatic nitrogens is 1. The first-order valence-corrected chi connectivity index (χ1v) is 9.82. The fourth-order valence-electron chi connectivity index (χ4n) is 2.70. The van der Waals surface area contributed by atoms with Gasteiger partial charge in [0.2, 0.25) is 5.91 Å². The van der Waals surface area contributed by atoms with Crippen LogP contribution in [0.15, 0.2) is 29.2 Å². The topological polar surface area (TPSA) is 85.1 Å². The monoisotopic (exact) mass is 377 g/mol. The van der Waals surface area contributed by atoms with Crippen LogP contribution in [0.1, 0.15) is 30.8 Å². The van der Waals surface area contributed by atoms with Gasteiger partial charge in [-0.1, -0.05) is 6.92 Å². The van der Waals surface area contributed by atoms with Crippen molar-refractivity contribution in [3.63, 3.8) is 0 Å². The molecule has 0 radical (unpaired) electrons. The first-order valence-electron chi connectivity index (χ1n) is 8.13. The fourth-order valence-corrected chi connectivity index (χ4v) is 4.75. The van der Waals surface area contributed by atoms with E-state index >= 15 is 0 Å². The van der Waals surface area contributed by atoms with Crippen LogP contribution in [-0.4, -0.2) is 21.1 Å². The average Bonchev–Trinajstić information content (AvgIpc) is 2.96. The second-order valence-electron chi connectivity index (χ2n) is 6.24. The standard InChI is InChI=1S/C17H19N3O3S2/c1-10-3-8-14-15(9-10)25-17(18-14)19-16(21)11(2)24-13-6-4-12(5-7-13)20(22)23/h4-7,10-11H,3,8-9H2,1-2H3,(H,18,19,21). The maximum Gasteiger partial charge on any atom is 0.269 e. The van der Waals surface area contributed by atoms with E-state index in [2.05, 4.69) is 17.2 Å². The summed E-state index contributed by atoms with van der Waals surface area (Å²) in [5.41, 5.74) is 1.16. The van der Waals surface area contributed by atoms with Gasteiger partial charge >= 0.3 is 0 Å². The Morgan fingerprint density at radius 1 is 1.44 bits per heavy atom. The number of carbonyl (C=O) groups excluding carboxylic acids is 1. The molecule has 1 heterocycles. The molecule has 2 aromatic rings. The van der Waals surface area contributed by atoms with Crippen molar-refractivity contribution in [3.05, 3.63) is 45.0 Å². The number of non-ortho nitro benzene ring substituents is 1. The Kier molecular flexibility index (Phi) is 5.39. The largest absolute Gasteiger partial charge is 0.301 e. The molecule has 1 aliphatic carbocycles. The lowest BCUT2D eigenvalue weighted by Gasteiger charge is -2.15. The number of nitro benzene ring substituents is 1. The third-order valence-corrected chi connectivity index (χ3v) is 6.29. The summed E-state index contributed by atoms with van der Waals surface area (Å²) < 4.78 is 0. The normalized spacial score (nSPS) is 17.6. The van der Waals surface area contributed by atoms with Gasteiger partial charge in [0.25, 0.3) is 5.69 Å². The number of hydrogen-bond donors (Lipinski definition) is 1. The van der Waals surface area contributed by atoms with Crippen molar-refractivity contribution < 1.29 is 9.72 Å². The summed E-state index contributed by atoms with van der Waals surface area (Å²) in [7, 11) is 0. The summed E-state index contributed by atoms with van der Waals surface area (Å²) in [5, 5.41) is 13.9. The van der Waals surface area contributed by atoms with Gasteiger partial charge in [0.1, 0.15) is 0 Å². The number of carbonyl (C=O) groups is 1. The number of rotatable bonds is 5. The first kappa shape index (κ1) is 17.9. The van der Waals surface area contributed by atoms with Crippen LogP contribution < -0.4 is 5.32 Å². The number of aryl methyl sites for hydroxylation is 1. The smallest absolute Gasteiger partial charge is 0.269 e.